The number of thioether (sulfide) groups is 1. The Morgan fingerprint density at radius 3 is 2.89 bits per heavy atom. The average Bonchev–Trinajstić information content (AvgIpc) is 2.39. The first-order valence-electron chi connectivity index (χ1n) is 6.64. The lowest BCUT2D eigenvalue weighted by Crippen LogP contribution is -2.47. The van der Waals surface area contributed by atoms with E-state index in [4.69, 9.17) is 11.6 Å². The predicted molar refractivity (Wildman–Crippen MR) is 83.0 cm³/mol. The molecule has 0 bridgehead atoms. The standard InChI is InChI=1S/C14H23ClN2OS/c1-4-7-17-14(3,10-18)9-11(2)19-13-12(15)6-5-8-16-13/h5-6,8,11,17-18H,4,7,9-10H2,1-3H3. The van der Waals surface area contributed by atoms with E-state index in [1.54, 1.807) is 18.0 Å². The third kappa shape index (κ3) is 5.69. The Balaban J connectivity index is 2.58. The summed E-state index contributed by atoms with van der Waals surface area (Å²) in [5.74, 6) is 0. The van der Waals surface area contributed by atoms with Gasteiger partial charge in [-0.1, -0.05) is 25.4 Å². The molecule has 5 heteroatoms. The van der Waals surface area contributed by atoms with E-state index >= 15 is 0 Å². The van der Waals surface area contributed by atoms with Crippen LogP contribution in [0.2, 0.25) is 5.02 Å². The van der Waals surface area contributed by atoms with Crippen molar-refractivity contribution in [3.8, 4) is 0 Å². The predicted octanol–water partition coefficient (Wildman–Crippen LogP) is 3.36. The number of aliphatic hydroxyl groups is 1. The highest BCUT2D eigenvalue weighted by Crippen LogP contribution is 2.31. The fraction of sp³-hybridized carbons (Fsp3) is 0.643. The lowest BCUT2D eigenvalue weighted by molar-refractivity contribution is 0.166. The molecular weight excluding hydrogens is 280 g/mol. The maximum Gasteiger partial charge on any atom is 0.115 e. The van der Waals surface area contributed by atoms with Gasteiger partial charge in [-0.25, -0.2) is 4.98 Å². The van der Waals surface area contributed by atoms with Gasteiger partial charge < -0.3 is 10.4 Å². The van der Waals surface area contributed by atoms with E-state index in [0.717, 1.165) is 24.4 Å². The maximum absolute atomic E-state index is 9.57. The minimum absolute atomic E-state index is 0.133. The van der Waals surface area contributed by atoms with E-state index in [9.17, 15) is 5.11 Å². The minimum Gasteiger partial charge on any atom is -0.394 e. The number of aliphatic hydroxyl groups excluding tert-OH is 1. The summed E-state index contributed by atoms with van der Waals surface area (Å²) in [4.78, 5) is 4.28. The summed E-state index contributed by atoms with van der Waals surface area (Å²) in [5.41, 5.74) is -0.246. The summed E-state index contributed by atoms with van der Waals surface area (Å²) in [6.45, 7) is 7.36. The molecular formula is C14H23ClN2OS. The first-order valence-corrected chi connectivity index (χ1v) is 7.89. The van der Waals surface area contributed by atoms with Crippen LogP contribution in [-0.2, 0) is 0 Å². The van der Waals surface area contributed by atoms with Crippen LogP contribution < -0.4 is 5.32 Å². The zero-order chi connectivity index (χ0) is 14.3. The molecule has 1 aromatic heterocycles. The molecule has 1 heterocycles. The Labute approximate surface area is 125 Å². The van der Waals surface area contributed by atoms with Gasteiger partial charge in [0, 0.05) is 17.0 Å². The molecule has 2 N–H and O–H groups in total. The molecule has 0 saturated carbocycles. The van der Waals surface area contributed by atoms with Crippen LogP contribution in [0.5, 0.6) is 0 Å². The lowest BCUT2D eigenvalue weighted by atomic mass is 9.97. The second kappa shape index (κ2) is 8.10. The number of hydrogen-bond acceptors (Lipinski definition) is 4. The average molecular weight is 303 g/mol. The number of nitrogens with zero attached hydrogens (tertiary/aromatic N) is 1. The van der Waals surface area contributed by atoms with Crippen molar-refractivity contribution >= 4 is 23.4 Å². The van der Waals surface area contributed by atoms with Crippen LogP contribution in [0.4, 0.5) is 0 Å². The lowest BCUT2D eigenvalue weighted by Gasteiger charge is -2.31. The van der Waals surface area contributed by atoms with E-state index in [-0.39, 0.29) is 12.1 Å². The molecule has 0 spiro atoms. The Bertz CT molecular complexity index is 391. The number of nitrogens with one attached hydrogen (secondary N) is 1. The van der Waals surface area contributed by atoms with Gasteiger partial charge in [0.1, 0.15) is 5.03 Å². The Hall–Kier alpha value is -0.290. The van der Waals surface area contributed by atoms with Gasteiger partial charge in [-0.05, 0) is 38.4 Å². The van der Waals surface area contributed by atoms with Crippen LogP contribution in [0.15, 0.2) is 23.4 Å². The topological polar surface area (TPSA) is 45.1 Å². The van der Waals surface area contributed by atoms with Gasteiger partial charge in [0.05, 0.1) is 11.6 Å². The van der Waals surface area contributed by atoms with Crippen LogP contribution in [0.3, 0.4) is 0 Å². The molecule has 0 aromatic carbocycles. The van der Waals surface area contributed by atoms with E-state index in [0.29, 0.717) is 10.3 Å². The quantitative estimate of drug-likeness (QED) is 0.723. The molecule has 108 valence electrons. The second-order valence-electron chi connectivity index (χ2n) is 5.07. The summed E-state index contributed by atoms with van der Waals surface area (Å²) >= 11 is 7.76. The van der Waals surface area contributed by atoms with E-state index in [1.165, 1.54) is 0 Å². The molecule has 0 aliphatic carbocycles. The Morgan fingerprint density at radius 2 is 2.32 bits per heavy atom. The molecule has 1 rings (SSSR count). The fourth-order valence-corrected chi connectivity index (χ4v) is 3.33. The van der Waals surface area contributed by atoms with Gasteiger partial charge in [0.15, 0.2) is 0 Å². The third-order valence-electron chi connectivity index (χ3n) is 2.93. The molecule has 2 atom stereocenters. The van der Waals surface area contributed by atoms with Crippen molar-refractivity contribution in [1.29, 1.82) is 0 Å². The fourth-order valence-electron chi connectivity index (χ4n) is 1.94. The minimum atomic E-state index is -0.246. The highest BCUT2D eigenvalue weighted by Gasteiger charge is 2.25. The number of halogens is 1. The van der Waals surface area contributed by atoms with E-state index < -0.39 is 0 Å². The first-order chi connectivity index (χ1) is 9.00. The van der Waals surface area contributed by atoms with Crippen LogP contribution in [-0.4, -0.2) is 34.0 Å². The Morgan fingerprint density at radius 1 is 1.58 bits per heavy atom. The molecule has 0 aliphatic rings. The zero-order valence-electron chi connectivity index (χ0n) is 11.8. The number of rotatable bonds is 8. The van der Waals surface area contributed by atoms with Crippen molar-refractivity contribution < 1.29 is 5.11 Å². The smallest absolute Gasteiger partial charge is 0.115 e. The van der Waals surface area contributed by atoms with Gasteiger partial charge in [0.2, 0.25) is 0 Å². The van der Waals surface area contributed by atoms with Crippen molar-refractivity contribution in [1.82, 2.24) is 10.3 Å². The summed E-state index contributed by atoms with van der Waals surface area (Å²) in [5, 5.41) is 14.8. The molecule has 0 aliphatic heterocycles. The summed E-state index contributed by atoms with van der Waals surface area (Å²) in [6, 6.07) is 3.68. The summed E-state index contributed by atoms with van der Waals surface area (Å²) in [6.07, 6.45) is 3.67. The van der Waals surface area contributed by atoms with Crippen molar-refractivity contribution in [3.63, 3.8) is 0 Å². The molecule has 19 heavy (non-hydrogen) atoms. The number of hydrogen-bond donors (Lipinski definition) is 2. The number of aromatic nitrogens is 1. The largest absolute Gasteiger partial charge is 0.394 e. The molecule has 0 radical (unpaired) electrons. The summed E-state index contributed by atoms with van der Waals surface area (Å²) < 4.78 is 0. The molecule has 2 unspecified atom stereocenters. The van der Waals surface area contributed by atoms with Crippen molar-refractivity contribution in [2.45, 2.75) is 49.4 Å². The molecule has 1 aromatic rings. The van der Waals surface area contributed by atoms with Crippen molar-refractivity contribution in [2.75, 3.05) is 13.2 Å². The van der Waals surface area contributed by atoms with Crippen LogP contribution in [0.25, 0.3) is 0 Å². The summed E-state index contributed by atoms with van der Waals surface area (Å²) in [7, 11) is 0. The normalized spacial score (nSPS) is 16.1. The van der Waals surface area contributed by atoms with Crippen LogP contribution >= 0.6 is 23.4 Å². The highest BCUT2D eigenvalue weighted by atomic mass is 35.5. The van der Waals surface area contributed by atoms with Gasteiger partial charge >= 0.3 is 0 Å². The number of pyridine rings is 1. The van der Waals surface area contributed by atoms with Crippen LogP contribution in [0.1, 0.15) is 33.6 Å². The van der Waals surface area contributed by atoms with Gasteiger partial charge in [-0.2, -0.15) is 0 Å². The van der Waals surface area contributed by atoms with Crippen molar-refractivity contribution in [3.05, 3.63) is 23.4 Å². The van der Waals surface area contributed by atoms with Gasteiger partial charge in [-0.15, -0.1) is 11.8 Å². The highest BCUT2D eigenvalue weighted by molar-refractivity contribution is 7.99. The Kier molecular flexibility index (Phi) is 7.15. The zero-order valence-corrected chi connectivity index (χ0v) is 13.4. The van der Waals surface area contributed by atoms with Gasteiger partial charge in [0.25, 0.3) is 0 Å². The molecule has 0 fully saturated rings. The van der Waals surface area contributed by atoms with Crippen molar-refractivity contribution in [2.24, 2.45) is 0 Å². The monoisotopic (exact) mass is 302 g/mol. The van der Waals surface area contributed by atoms with E-state index in [2.05, 4.69) is 31.1 Å². The second-order valence-corrected chi connectivity index (χ2v) is 6.90. The molecule has 0 amide bonds. The maximum atomic E-state index is 9.57. The molecule has 0 saturated heterocycles. The molecule has 3 nitrogen and oxygen atoms in total. The first kappa shape index (κ1) is 16.8. The van der Waals surface area contributed by atoms with E-state index in [1.807, 2.05) is 12.1 Å². The SMILES string of the molecule is CCCNC(C)(CO)CC(C)Sc1ncccc1Cl. The van der Waals surface area contributed by atoms with Crippen LogP contribution in [0, 0.1) is 0 Å². The third-order valence-corrected chi connectivity index (χ3v) is 4.46. The van der Waals surface area contributed by atoms with Gasteiger partial charge in [-0.3, -0.25) is 0 Å².